The van der Waals surface area contributed by atoms with Gasteiger partial charge < -0.3 is 14.5 Å². The van der Waals surface area contributed by atoms with Gasteiger partial charge in [0.25, 0.3) is 5.91 Å². The number of amides is 1. The van der Waals surface area contributed by atoms with E-state index in [1.807, 2.05) is 73.7 Å². The molecular weight excluding hydrogens is 426 g/mol. The van der Waals surface area contributed by atoms with E-state index in [-0.39, 0.29) is 5.91 Å². The van der Waals surface area contributed by atoms with Crippen molar-refractivity contribution in [3.63, 3.8) is 0 Å². The number of benzene rings is 4. The average molecular weight is 450 g/mol. The molecule has 0 unspecified atom stereocenters. The van der Waals surface area contributed by atoms with E-state index in [0.29, 0.717) is 23.9 Å². The Morgan fingerprint density at radius 2 is 1.62 bits per heavy atom. The van der Waals surface area contributed by atoms with Crippen LogP contribution in [0.2, 0.25) is 0 Å². The second-order valence-corrected chi connectivity index (χ2v) is 8.03. The van der Waals surface area contributed by atoms with Gasteiger partial charge in [0.05, 0.1) is 7.11 Å². The fourth-order valence-electron chi connectivity index (χ4n) is 3.82. The summed E-state index contributed by atoms with van der Waals surface area (Å²) in [4.78, 5) is 12.7. The number of rotatable bonds is 6. The molecule has 0 aliphatic heterocycles. The van der Waals surface area contributed by atoms with Crippen LogP contribution >= 0.6 is 0 Å². The standard InChI is InChI=1S/C28H23N3O3/c1-18-5-3-4-6-25(18)28-31-30-27(34-28)21-11-9-20(10-12-21)26(32)29-17-19-7-8-23-16-24(33-2)14-13-22(23)15-19/h3-16H,17H2,1-2H3,(H,29,32). The van der Waals surface area contributed by atoms with E-state index in [0.717, 1.165) is 38.8 Å². The predicted octanol–water partition coefficient (Wildman–Crippen LogP) is 5.80. The molecule has 0 aliphatic carbocycles. The summed E-state index contributed by atoms with van der Waals surface area (Å²) in [6, 6.07) is 27.0. The zero-order valence-electron chi connectivity index (χ0n) is 18.9. The van der Waals surface area contributed by atoms with Crippen LogP contribution in [0.4, 0.5) is 0 Å². The van der Waals surface area contributed by atoms with Crippen molar-refractivity contribution in [2.24, 2.45) is 0 Å². The summed E-state index contributed by atoms with van der Waals surface area (Å²) in [6.45, 7) is 2.44. The Balaban J connectivity index is 1.25. The van der Waals surface area contributed by atoms with Gasteiger partial charge >= 0.3 is 0 Å². The average Bonchev–Trinajstić information content (AvgIpc) is 3.37. The van der Waals surface area contributed by atoms with Crippen LogP contribution in [0.15, 0.2) is 89.3 Å². The van der Waals surface area contributed by atoms with Crippen LogP contribution in [0.3, 0.4) is 0 Å². The Morgan fingerprint density at radius 1 is 0.882 bits per heavy atom. The van der Waals surface area contributed by atoms with Gasteiger partial charge in [0.1, 0.15) is 5.75 Å². The molecule has 6 nitrogen and oxygen atoms in total. The zero-order chi connectivity index (χ0) is 23.5. The summed E-state index contributed by atoms with van der Waals surface area (Å²) in [5, 5.41) is 13.5. The highest BCUT2D eigenvalue weighted by Gasteiger charge is 2.13. The number of aryl methyl sites for hydroxylation is 1. The molecule has 5 rings (SSSR count). The Kier molecular flexibility index (Phi) is 5.79. The molecule has 0 aliphatic rings. The Labute approximate surface area is 197 Å². The van der Waals surface area contributed by atoms with Crippen LogP contribution in [0.1, 0.15) is 21.5 Å². The van der Waals surface area contributed by atoms with Crippen LogP contribution in [0.5, 0.6) is 5.75 Å². The lowest BCUT2D eigenvalue weighted by molar-refractivity contribution is 0.0951. The quantitative estimate of drug-likeness (QED) is 0.354. The summed E-state index contributed by atoms with van der Waals surface area (Å²) < 4.78 is 11.1. The maximum atomic E-state index is 12.7. The summed E-state index contributed by atoms with van der Waals surface area (Å²) in [5.41, 5.74) is 4.32. The van der Waals surface area contributed by atoms with Crippen molar-refractivity contribution in [1.82, 2.24) is 15.5 Å². The van der Waals surface area contributed by atoms with E-state index in [9.17, 15) is 4.79 Å². The maximum absolute atomic E-state index is 12.7. The van der Waals surface area contributed by atoms with E-state index in [2.05, 4.69) is 21.6 Å². The number of hydrogen-bond acceptors (Lipinski definition) is 5. The minimum atomic E-state index is -0.146. The van der Waals surface area contributed by atoms with Crippen molar-refractivity contribution in [3.05, 3.63) is 102 Å². The van der Waals surface area contributed by atoms with E-state index >= 15 is 0 Å². The summed E-state index contributed by atoms with van der Waals surface area (Å²) in [6.07, 6.45) is 0. The van der Waals surface area contributed by atoms with Gasteiger partial charge in [-0.15, -0.1) is 10.2 Å². The molecule has 0 spiro atoms. The molecule has 0 bridgehead atoms. The molecule has 6 heteroatoms. The van der Waals surface area contributed by atoms with Crippen LogP contribution < -0.4 is 10.1 Å². The third kappa shape index (κ3) is 4.38. The third-order valence-electron chi connectivity index (χ3n) is 5.76. The molecule has 1 heterocycles. The van der Waals surface area contributed by atoms with Gasteiger partial charge in [0, 0.05) is 23.2 Å². The first kappa shape index (κ1) is 21.4. The number of carbonyl (C=O) groups is 1. The van der Waals surface area contributed by atoms with Crippen molar-refractivity contribution < 1.29 is 13.9 Å². The molecule has 0 saturated carbocycles. The van der Waals surface area contributed by atoms with Gasteiger partial charge in [-0.1, -0.05) is 36.4 Å². The van der Waals surface area contributed by atoms with Crippen molar-refractivity contribution in [1.29, 1.82) is 0 Å². The van der Waals surface area contributed by atoms with Crippen LogP contribution in [-0.4, -0.2) is 23.2 Å². The lowest BCUT2D eigenvalue weighted by Gasteiger charge is -2.08. The van der Waals surface area contributed by atoms with E-state index in [1.54, 1.807) is 19.2 Å². The molecule has 0 fully saturated rings. The molecule has 34 heavy (non-hydrogen) atoms. The Bertz CT molecular complexity index is 1470. The molecule has 168 valence electrons. The van der Waals surface area contributed by atoms with Crippen LogP contribution in [0.25, 0.3) is 33.7 Å². The third-order valence-corrected chi connectivity index (χ3v) is 5.76. The topological polar surface area (TPSA) is 77.2 Å². The van der Waals surface area contributed by atoms with Gasteiger partial charge in [-0.3, -0.25) is 4.79 Å². The van der Waals surface area contributed by atoms with E-state index in [4.69, 9.17) is 9.15 Å². The normalized spacial score (nSPS) is 10.9. The lowest BCUT2D eigenvalue weighted by Crippen LogP contribution is -2.22. The van der Waals surface area contributed by atoms with Crippen molar-refractivity contribution in [2.75, 3.05) is 7.11 Å². The number of ether oxygens (including phenoxy) is 1. The van der Waals surface area contributed by atoms with Gasteiger partial charge in [0.2, 0.25) is 11.8 Å². The number of aromatic nitrogens is 2. The summed E-state index contributed by atoms with van der Waals surface area (Å²) in [7, 11) is 1.66. The number of nitrogens with one attached hydrogen (secondary N) is 1. The fourth-order valence-corrected chi connectivity index (χ4v) is 3.82. The SMILES string of the molecule is COc1ccc2cc(CNC(=O)c3ccc(-c4nnc(-c5ccccc5C)o4)cc3)ccc2c1. The molecule has 5 aromatic rings. The molecule has 0 radical (unpaired) electrons. The van der Waals surface area contributed by atoms with Crippen LogP contribution in [0, 0.1) is 6.92 Å². The molecule has 0 saturated heterocycles. The van der Waals surface area contributed by atoms with E-state index < -0.39 is 0 Å². The molecule has 1 aromatic heterocycles. The van der Waals surface area contributed by atoms with Crippen molar-refractivity contribution in [2.45, 2.75) is 13.5 Å². The Hall–Kier alpha value is -4.45. The number of nitrogens with zero attached hydrogens (tertiary/aromatic N) is 2. The molecule has 0 atom stereocenters. The van der Waals surface area contributed by atoms with Crippen molar-refractivity contribution in [3.8, 4) is 28.7 Å². The van der Waals surface area contributed by atoms with Gasteiger partial charge in [-0.2, -0.15) is 0 Å². The van der Waals surface area contributed by atoms with E-state index in [1.165, 1.54) is 0 Å². The monoisotopic (exact) mass is 449 g/mol. The first-order valence-corrected chi connectivity index (χ1v) is 11.0. The minimum absolute atomic E-state index is 0.146. The first-order valence-electron chi connectivity index (χ1n) is 11.0. The lowest BCUT2D eigenvalue weighted by atomic mass is 10.1. The highest BCUT2D eigenvalue weighted by Crippen LogP contribution is 2.26. The second kappa shape index (κ2) is 9.19. The number of hydrogen-bond donors (Lipinski definition) is 1. The molecule has 1 N–H and O–H groups in total. The minimum Gasteiger partial charge on any atom is -0.497 e. The highest BCUT2D eigenvalue weighted by molar-refractivity contribution is 5.94. The molecule has 1 amide bonds. The number of fused-ring (bicyclic) bond motifs is 1. The van der Waals surface area contributed by atoms with Gasteiger partial charge in [-0.25, -0.2) is 0 Å². The van der Waals surface area contributed by atoms with Gasteiger partial charge in [-0.05, 0) is 77.4 Å². The number of methoxy groups -OCH3 is 1. The molecular formula is C28H23N3O3. The maximum Gasteiger partial charge on any atom is 0.251 e. The second-order valence-electron chi connectivity index (χ2n) is 8.03. The van der Waals surface area contributed by atoms with Crippen LogP contribution in [-0.2, 0) is 6.54 Å². The summed E-state index contributed by atoms with van der Waals surface area (Å²) in [5.74, 6) is 1.57. The number of carbonyl (C=O) groups excluding carboxylic acids is 1. The summed E-state index contributed by atoms with van der Waals surface area (Å²) >= 11 is 0. The predicted molar refractivity (Wildman–Crippen MR) is 132 cm³/mol. The first-order chi connectivity index (χ1) is 16.6. The Morgan fingerprint density at radius 3 is 2.41 bits per heavy atom. The largest absolute Gasteiger partial charge is 0.497 e. The zero-order valence-corrected chi connectivity index (χ0v) is 18.9. The van der Waals surface area contributed by atoms with Gasteiger partial charge in [0.15, 0.2) is 0 Å². The molecule has 4 aromatic carbocycles. The smallest absolute Gasteiger partial charge is 0.251 e. The highest BCUT2D eigenvalue weighted by atomic mass is 16.5. The van der Waals surface area contributed by atoms with Crippen molar-refractivity contribution >= 4 is 16.7 Å². The fraction of sp³-hybridized carbons (Fsp3) is 0.107.